The molecule has 4 aromatic rings. The summed E-state index contributed by atoms with van der Waals surface area (Å²) in [4.78, 5) is 12.3. The minimum atomic E-state index is -0.293. The number of phenols is 1. The number of carbonyl (C=O) groups is 1. The van der Waals surface area contributed by atoms with Gasteiger partial charge in [-0.05, 0) is 48.9 Å². The molecule has 0 radical (unpaired) electrons. The van der Waals surface area contributed by atoms with Crippen LogP contribution < -0.4 is 5.43 Å². The van der Waals surface area contributed by atoms with Gasteiger partial charge in [0.1, 0.15) is 5.75 Å². The van der Waals surface area contributed by atoms with E-state index < -0.39 is 0 Å². The number of thioether (sulfide) groups is 1. The first kappa shape index (κ1) is 22.6. The van der Waals surface area contributed by atoms with Gasteiger partial charge in [-0.1, -0.05) is 65.3 Å². The Labute approximate surface area is 200 Å². The fourth-order valence-electron chi connectivity index (χ4n) is 3.02. The van der Waals surface area contributed by atoms with Gasteiger partial charge in [-0.25, -0.2) is 5.43 Å². The zero-order chi connectivity index (χ0) is 23.2. The van der Waals surface area contributed by atoms with Gasteiger partial charge in [0.05, 0.1) is 12.0 Å². The van der Waals surface area contributed by atoms with Crippen LogP contribution in [0.4, 0.5) is 0 Å². The number of hydrogen-bond acceptors (Lipinski definition) is 6. The van der Waals surface area contributed by atoms with Gasteiger partial charge >= 0.3 is 0 Å². The molecule has 0 saturated carbocycles. The van der Waals surface area contributed by atoms with Crippen molar-refractivity contribution in [2.45, 2.75) is 12.1 Å². The highest BCUT2D eigenvalue weighted by molar-refractivity contribution is 7.99. The second kappa shape index (κ2) is 10.3. The normalized spacial score (nSPS) is 11.1. The van der Waals surface area contributed by atoms with Crippen LogP contribution in [0.5, 0.6) is 5.75 Å². The third-order valence-electron chi connectivity index (χ3n) is 4.63. The summed E-state index contributed by atoms with van der Waals surface area (Å²) in [6.45, 7) is 2.02. The summed E-state index contributed by atoms with van der Waals surface area (Å²) in [5.74, 6) is 0.601. The highest BCUT2D eigenvalue weighted by Crippen LogP contribution is 2.28. The third-order valence-corrected chi connectivity index (χ3v) is 5.81. The molecular formula is C24H20ClN5O2S. The predicted molar refractivity (Wildman–Crippen MR) is 131 cm³/mol. The molecule has 0 saturated heterocycles. The van der Waals surface area contributed by atoms with E-state index in [-0.39, 0.29) is 17.4 Å². The number of phenolic OH excluding ortho intramolecular Hbond substituents is 1. The van der Waals surface area contributed by atoms with Crippen LogP contribution in [-0.4, -0.2) is 37.7 Å². The van der Waals surface area contributed by atoms with Crippen LogP contribution in [0.1, 0.15) is 11.1 Å². The van der Waals surface area contributed by atoms with Crippen molar-refractivity contribution in [2.24, 2.45) is 5.10 Å². The molecule has 0 aliphatic heterocycles. The summed E-state index contributed by atoms with van der Waals surface area (Å²) in [5, 5.41) is 23.3. The van der Waals surface area contributed by atoms with Crippen molar-refractivity contribution in [2.75, 3.05) is 5.75 Å². The molecule has 4 rings (SSSR count). The van der Waals surface area contributed by atoms with Gasteiger partial charge in [-0.3, -0.25) is 9.36 Å². The highest BCUT2D eigenvalue weighted by atomic mass is 35.5. The van der Waals surface area contributed by atoms with Crippen molar-refractivity contribution >= 4 is 35.5 Å². The standard InChI is InChI=1S/C24H20ClN5O2S/c1-16-5-7-18(8-6-16)23-28-29-24(30(23)20-11-9-19(25)10-12-20)33-15-22(32)27-26-14-17-3-2-4-21(31)13-17/h2-14,31H,15H2,1H3,(H,27,32). The first-order valence-electron chi connectivity index (χ1n) is 10.0. The number of rotatable bonds is 7. The van der Waals surface area contributed by atoms with E-state index in [9.17, 15) is 9.90 Å². The number of halogens is 1. The predicted octanol–water partition coefficient (Wildman–Crippen LogP) is 4.84. The van der Waals surface area contributed by atoms with Gasteiger partial charge < -0.3 is 5.11 Å². The number of benzene rings is 3. The second-order valence-corrected chi connectivity index (χ2v) is 8.54. The largest absolute Gasteiger partial charge is 0.508 e. The Morgan fingerprint density at radius 2 is 1.88 bits per heavy atom. The van der Waals surface area contributed by atoms with Crippen LogP contribution in [0.15, 0.2) is 83.1 Å². The zero-order valence-corrected chi connectivity index (χ0v) is 19.2. The molecule has 7 nitrogen and oxygen atoms in total. The Bertz CT molecular complexity index is 1290. The summed E-state index contributed by atoms with van der Waals surface area (Å²) < 4.78 is 1.90. The number of carbonyl (C=O) groups excluding carboxylic acids is 1. The number of hydrazone groups is 1. The lowest BCUT2D eigenvalue weighted by Gasteiger charge is -2.10. The monoisotopic (exact) mass is 477 g/mol. The molecular weight excluding hydrogens is 458 g/mol. The van der Waals surface area contributed by atoms with Crippen LogP contribution >= 0.6 is 23.4 Å². The Morgan fingerprint density at radius 1 is 1.12 bits per heavy atom. The van der Waals surface area contributed by atoms with Crippen LogP contribution in [0.25, 0.3) is 17.1 Å². The summed E-state index contributed by atoms with van der Waals surface area (Å²) >= 11 is 7.32. The topological polar surface area (TPSA) is 92.4 Å². The van der Waals surface area contributed by atoms with Gasteiger partial charge in [0.25, 0.3) is 5.91 Å². The minimum absolute atomic E-state index is 0.0942. The number of amides is 1. The highest BCUT2D eigenvalue weighted by Gasteiger charge is 2.17. The Hall–Kier alpha value is -3.62. The van der Waals surface area contributed by atoms with Gasteiger partial charge in [0.15, 0.2) is 11.0 Å². The molecule has 0 aliphatic rings. The van der Waals surface area contributed by atoms with Crippen molar-refractivity contribution < 1.29 is 9.90 Å². The molecule has 0 atom stereocenters. The number of aromatic nitrogens is 3. The number of nitrogens with zero attached hydrogens (tertiary/aromatic N) is 4. The van der Waals surface area contributed by atoms with Crippen LogP contribution in [-0.2, 0) is 4.79 Å². The van der Waals surface area contributed by atoms with Crippen molar-refractivity contribution in [1.82, 2.24) is 20.2 Å². The first-order valence-corrected chi connectivity index (χ1v) is 11.4. The van der Waals surface area contributed by atoms with E-state index in [1.54, 1.807) is 36.4 Å². The van der Waals surface area contributed by atoms with E-state index in [0.29, 0.717) is 21.6 Å². The molecule has 0 spiro atoms. The Balaban J connectivity index is 1.51. The van der Waals surface area contributed by atoms with E-state index in [1.807, 2.05) is 47.9 Å². The first-order chi connectivity index (χ1) is 16.0. The summed E-state index contributed by atoms with van der Waals surface area (Å²) in [6, 6.07) is 21.9. The SMILES string of the molecule is Cc1ccc(-c2nnc(SCC(=O)NN=Cc3cccc(O)c3)n2-c2ccc(Cl)cc2)cc1. The van der Waals surface area contributed by atoms with E-state index in [4.69, 9.17) is 11.6 Å². The number of nitrogens with one attached hydrogen (secondary N) is 1. The third kappa shape index (κ3) is 5.79. The van der Waals surface area contributed by atoms with Crippen molar-refractivity contribution in [3.05, 3.63) is 88.9 Å². The maximum atomic E-state index is 12.3. The maximum Gasteiger partial charge on any atom is 0.250 e. The fourth-order valence-corrected chi connectivity index (χ4v) is 3.89. The number of hydrogen-bond donors (Lipinski definition) is 2. The molecule has 0 bridgehead atoms. The molecule has 0 unspecified atom stereocenters. The molecule has 1 heterocycles. The Kier molecular flexibility index (Phi) is 7.07. The average molecular weight is 478 g/mol. The summed E-state index contributed by atoms with van der Waals surface area (Å²) in [5.41, 5.74) is 6.06. The lowest BCUT2D eigenvalue weighted by atomic mass is 10.1. The summed E-state index contributed by atoms with van der Waals surface area (Å²) in [6.07, 6.45) is 1.47. The van der Waals surface area contributed by atoms with Gasteiger partial charge in [-0.15, -0.1) is 10.2 Å². The molecule has 33 heavy (non-hydrogen) atoms. The average Bonchev–Trinajstić information content (AvgIpc) is 3.23. The van der Waals surface area contributed by atoms with Crippen LogP contribution in [0.3, 0.4) is 0 Å². The van der Waals surface area contributed by atoms with E-state index in [2.05, 4.69) is 20.7 Å². The molecule has 9 heteroatoms. The second-order valence-electron chi connectivity index (χ2n) is 7.16. The molecule has 0 aliphatic carbocycles. The van der Waals surface area contributed by atoms with Gasteiger partial charge in [0.2, 0.25) is 0 Å². The minimum Gasteiger partial charge on any atom is -0.508 e. The van der Waals surface area contributed by atoms with Gasteiger partial charge in [0, 0.05) is 16.3 Å². The van der Waals surface area contributed by atoms with Crippen LogP contribution in [0, 0.1) is 6.92 Å². The van der Waals surface area contributed by atoms with Crippen molar-refractivity contribution in [1.29, 1.82) is 0 Å². The van der Waals surface area contributed by atoms with Crippen LogP contribution in [0.2, 0.25) is 5.02 Å². The molecule has 2 N–H and O–H groups in total. The van der Waals surface area contributed by atoms with E-state index in [0.717, 1.165) is 16.8 Å². The molecule has 1 aromatic heterocycles. The smallest absolute Gasteiger partial charge is 0.250 e. The Morgan fingerprint density at radius 3 is 2.61 bits per heavy atom. The lowest BCUT2D eigenvalue weighted by Crippen LogP contribution is -2.20. The zero-order valence-electron chi connectivity index (χ0n) is 17.6. The maximum absolute atomic E-state index is 12.3. The van der Waals surface area contributed by atoms with Crippen molar-refractivity contribution in [3.8, 4) is 22.8 Å². The molecule has 166 valence electrons. The quantitative estimate of drug-likeness (QED) is 0.225. The number of aryl methyl sites for hydroxylation is 1. The number of aromatic hydroxyl groups is 1. The molecule has 1 amide bonds. The van der Waals surface area contributed by atoms with E-state index in [1.165, 1.54) is 18.0 Å². The fraction of sp³-hybridized carbons (Fsp3) is 0.0833. The van der Waals surface area contributed by atoms with Crippen molar-refractivity contribution in [3.63, 3.8) is 0 Å². The molecule has 3 aromatic carbocycles. The lowest BCUT2D eigenvalue weighted by molar-refractivity contribution is -0.118. The van der Waals surface area contributed by atoms with E-state index >= 15 is 0 Å². The summed E-state index contributed by atoms with van der Waals surface area (Å²) in [7, 11) is 0. The van der Waals surface area contributed by atoms with Gasteiger partial charge in [-0.2, -0.15) is 5.10 Å². The molecule has 0 fully saturated rings.